The molecule has 0 aliphatic carbocycles. The van der Waals surface area contributed by atoms with Crippen LogP contribution in [0.2, 0.25) is 0 Å². The zero-order valence-electron chi connectivity index (χ0n) is 10.2. The van der Waals surface area contributed by atoms with Gasteiger partial charge in [-0.05, 0) is 12.1 Å². The average Bonchev–Trinajstić information content (AvgIpc) is 2.29. The Kier molecular flexibility index (Phi) is 5.16. The summed E-state index contributed by atoms with van der Waals surface area (Å²) >= 11 is 0. The first-order valence-electron chi connectivity index (χ1n) is 5.30. The number of amides is 1. The quantitative estimate of drug-likeness (QED) is 0.325. The zero-order chi connectivity index (χ0) is 16.4. The number of hydrogen-bond acceptors (Lipinski definition) is 7. The van der Waals surface area contributed by atoms with Crippen molar-refractivity contribution >= 4 is 26.8 Å². The van der Waals surface area contributed by atoms with Crippen LogP contribution in [0.4, 0.5) is 5.69 Å². The van der Waals surface area contributed by atoms with Crippen molar-refractivity contribution in [2.45, 2.75) is 11.8 Å². The molecule has 0 aromatic heterocycles. The van der Waals surface area contributed by atoms with Crippen molar-refractivity contribution in [2.24, 2.45) is 0 Å². The van der Waals surface area contributed by atoms with E-state index in [1.165, 1.54) is 6.07 Å². The molecule has 0 fully saturated rings. The summed E-state index contributed by atoms with van der Waals surface area (Å²) < 4.78 is 21.7. The fourth-order valence-electron chi connectivity index (χ4n) is 1.41. The molecule has 118 valence electrons. The van der Waals surface area contributed by atoms with Crippen LogP contribution in [0, 0.1) is 0 Å². The van der Waals surface area contributed by atoms with Crippen LogP contribution in [0.15, 0.2) is 18.2 Å². The number of aromatic hydroxyl groups is 2. The minimum atomic E-state index is -5.53. The number of benzene rings is 1. The van der Waals surface area contributed by atoms with Crippen LogP contribution in [0.25, 0.3) is 0 Å². The maximum Gasteiger partial charge on any atom is 0.225 e. The van der Waals surface area contributed by atoms with Crippen LogP contribution in [0.3, 0.4) is 0 Å². The summed E-state index contributed by atoms with van der Waals surface area (Å²) in [4.78, 5) is 50.7. The van der Waals surface area contributed by atoms with E-state index in [1.54, 1.807) is 0 Å². The molecular weight excluding hydrogens is 328 g/mol. The number of nitrogens with one attached hydrogen (secondary N) is 1. The molecule has 2 unspecified atom stereocenters. The normalized spacial score (nSPS) is 18.3. The second-order valence-corrected chi connectivity index (χ2v) is 7.95. The van der Waals surface area contributed by atoms with Crippen molar-refractivity contribution in [3.63, 3.8) is 0 Å². The van der Waals surface area contributed by atoms with Crippen LogP contribution >= 0.6 is 15.2 Å². The minimum absolute atomic E-state index is 0.309. The first kappa shape index (κ1) is 17.6. The summed E-state index contributed by atoms with van der Waals surface area (Å²) in [6.45, 7) is 0. The Morgan fingerprint density at radius 2 is 1.71 bits per heavy atom. The van der Waals surface area contributed by atoms with Gasteiger partial charge in [0.1, 0.15) is 15.2 Å². The van der Waals surface area contributed by atoms with E-state index in [9.17, 15) is 33.9 Å². The molecule has 0 saturated heterocycles. The second-order valence-electron chi connectivity index (χ2n) is 4.03. The zero-order valence-corrected chi connectivity index (χ0v) is 12.0. The number of para-hydroxylation sites is 1. The van der Waals surface area contributed by atoms with Gasteiger partial charge in [0, 0.05) is 6.42 Å². The van der Waals surface area contributed by atoms with Crippen molar-refractivity contribution in [3.8, 4) is 11.5 Å². The van der Waals surface area contributed by atoms with Gasteiger partial charge in [-0.3, -0.25) is 4.79 Å². The maximum atomic E-state index is 11.5. The highest BCUT2D eigenvalue weighted by Crippen LogP contribution is 2.56. The molecule has 0 spiro atoms. The lowest BCUT2D eigenvalue weighted by atomic mass is 10.2. The molecule has 0 radical (unpaired) electrons. The molecule has 1 aromatic rings. The average molecular weight is 339 g/mol. The fraction of sp³-hybridized carbons (Fsp3) is 0.222. The predicted molar refractivity (Wildman–Crippen MR) is 66.5 cm³/mol. The van der Waals surface area contributed by atoms with Crippen LogP contribution in [0.1, 0.15) is 6.42 Å². The van der Waals surface area contributed by atoms with Gasteiger partial charge in [0.05, 0.1) is 11.1 Å². The molecule has 1 aromatic carbocycles. The Balaban J connectivity index is 2.92. The number of phenols is 2. The van der Waals surface area contributed by atoms with Gasteiger partial charge in [-0.2, -0.15) is 0 Å². The topological polar surface area (TPSA) is 190 Å². The molecule has 0 bridgehead atoms. The molecule has 2 atom stereocenters. The van der Waals surface area contributed by atoms with Gasteiger partial charge in [0.2, 0.25) is 5.91 Å². The van der Waals surface area contributed by atoms with Gasteiger partial charge < -0.3 is 44.2 Å². The van der Waals surface area contributed by atoms with Crippen molar-refractivity contribution < 1.29 is 43.7 Å². The Bertz CT molecular complexity index is 612. The third kappa shape index (κ3) is 4.82. The van der Waals surface area contributed by atoms with E-state index in [0.29, 0.717) is 0 Å². The standard InChI is InChI=1S/C9H13NO9P2/c11-6-3-1-2-5(9(6)13)10-7(12)4-8(20(14,15)16)21(17,18)19/h1-3,8,11,13H,4H2,(H,10,12)(H2,14,15,16)(H2,17,18,19)/p-2. The van der Waals surface area contributed by atoms with E-state index >= 15 is 0 Å². The lowest BCUT2D eigenvalue weighted by Gasteiger charge is -2.33. The van der Waals surface area contributed by atoms with Crippen LogP contribution in [0.5, 0.6) is 11.5 Å². The minimum Gasteiger partial charge on any atom is -0.778 e. The summed E-state index contributed by atoms with van der Waals surface area (Å²) in [6, 6.07) is 3.50. The number of phenolic OH excluding ortho intramolecular Hbond substituents is 2. The van der Waals surface area contributed by atoms with Gasteiger partial charge in [-0.15, -0.1) is 0 Å². The summed E-state index contributed by atoms with van der Waals surface area (Å²) in [5.74, 6) is -2.51. The Labute approximate surface area is 118 Å². The van der Waals surface area contributed by atoms with Gasteiger partial charge in [-0.25, -0.2) is 0 Å². The highest BCUT2D eigenvalue weighted by molar-refractivity contribution is 7.69. The van der Waals surface area contributed by atoms with Crippen LogP contribution < -0.4 is 15.1 Å². The lowest BCUT2D eigenvalue weighted by molar-refractivity contribution is -0.206. The van der Waals surface area contributed by atoms with Gasteiger partial charge in [0.25, 0.3) is 0 Å². The van der Waals surface area contributed by atoms with E-state index in [1.807, 2.05) is 5.32 Å². The van der Waals surface area contributed by atoms with E-state index in [0.717, 1.165) is 12.1 Å². The van der Waals surface area contributed by atoms with Crippen molar-refractivity contribution in [3.05, 3.63) is 18.2 Å². The molecule has 5 N–H and O–H groups in total. The van der Waals surface area contributed by atoms with E-state index in [-0.39, 0.29) is 5.69 Å². The number of rotatable bonds is 5. The Hall–Kier alpha value is -1.41. The third-order valence-corrected chi connectivity index (χ3v) is 6.03. The molecule has 0 saturated carbocycles. The van der Waals surface area contributed by atoms with Gasteiger partial charge in [-0.1, -0.05) is 6.07 Å². The molecular formula is C9H11NO9P2-2. The summed E-state index contributed by atoms with van der Waals surface area (Å²) in [5, 5.41) is 17.8. The number of anilines is 1. The fourth-order valence-corrected chi connectivity index (χ4v) is 3.68. The highest BCUT2D eigenvalue weighted by atomic mass is 31.2. The van der Waals surface area contributed by atoms with Gasteiger partial charge >= 0.3 is 0 Å². The number of carbonyl (C=O) groups excluding carboxylic acids is 1. The first-order chi connectivity index (χ1) is 9.43. The smallest absolute Gasteiger partial charge is 0.225 e. The molecule has 1 amide bonds. The van der Waals surface area contributed by atoms with E-state index in [4.69, 9.17) is 9.79 Å². The molecule has 0 aliphatic rings. The highest BCUT2D eigenvalue weighted by Gasteiger charge is 2.32. The van der Waals surface area contributed by atoms with Crippen LogP contribution in [-0.4, -0.2) is 31.3 Å². The van der Waals surface area contributed by atoms with Crippen molar-refractivity contribution in [2.75, 3.05) is 5.32 Å². The molecule has 0 aliphatic heterocycles. The molecule has 10 nitrogen and oxygen atoms in total. The van der Waals surface area contributed by atoms with Crippen molar-refractivity contribution in [1.82, 2.24) is 0 Å². The van der Waals surface area contributed by atoms with E-state index in [2.05, 4.69) is 0 Å². The molecule has 12 heteroatoms. The second kappa shape index (κ2) is 6.15. The third-order valence-electron chi connectivity index (χ3n) is 2.41. The summed E-state index contributed by atoms with van der Waals surface area (Å²) in [7, 11) is -11.1. The molecule has 0 heterocycles. The Morgan fingerprint density at radius 1 is 1.19 bits per heavy atom. The van der Waals surface area contributed by atoms with Crippen molar-refractivity contribution in [1.29, 1.82) is 0 Å². The SMILES string of the molecule is O=C(CC(P(=O)([O-])O)P(=O)([O-])O)Nc1cccc(O)c1O. The lowest BCUT2D eigenvalue weighted by Crippen LogP contribution is -2.27. The number of hydrogen-bond donors (Lipinski definition) is 5. The maximum absolute atomic E-state index is 11.5. The first-order valence-corrected chi connectivity index (χ1v) is 8.60. The summed E-state index contributed by atoms with van der Waals surface area (Å²) in [6.07, 6.45) is -1.29. The molecule has 1 rings (SSSR count). The number of carbonyl (C=O) groups is 1. The van der Waals surface area contributed by atoms with Gasteiger partial charge in [0.15, 0.2) is 11.5 Å². The van der Waals surface area contributed by atoms with Crippen LogP contribution in [-0.2, 0) is 13.9 Å². The molecule has 21 heavy (non-hydrogen) atoms. The van der Waals surface area contributed by atoms with E-state index < -0.39 is 44.4 Å². The largest absolute Gasteiger partial charge is 0.778 e. The monoisotopic (exact) mass is 339 g/mol. The predicted octanol–water partition coefficient (Wildman–Crippen LogP) is -1.16. The summed E-state index contributed by atoms with van der Waals surface area (Å²) in [5.41, 5.74) is -0.309. The Morgan fingerprint density at radius 3 is 2.19 bits per heavy atom.